The number of aryl methyl sites for hydroxylation is 1. The third-order valence-electron chi connectivity index (χ3n) is 4.48. The normalized spacial score (nSPS) is 12.9. The maximum atomic E-state index is 13.6. The van der Waals surface area contributed by atoms with Crippen molar-refractivity contribution < 1.29 is 41.7 Å². The molecule has 0 aliphatic carbocycles. The molecule has 184 valence electrons. The minimum Gasteiger partial charge on any atom is -0.481 e. The average molecular weight is 485 g/mol. The highest BCUT2D eigenvalue weighted by atomic mass is 19.3. The summed E-state index contributed by atoms with van der Waals surface area (Å²) in [6.07, 6.45) is 1.18. The first-order valence-corrected chi connectivity index (χ1v) is 9.96. The van der Waals surface area contributed by atoms with Crippen molar-refractivity contribution in [3.05, 3.63) is 59.3 Å². The predicted molar refractivity (Wildman–Crippen MR) is 113 cm³/mol. The smallest absolute Gasteiger partial charge is 0.387 e. The summed E-state index contributed by atoms with van der Waals surface area (Å²) in [4.78, 5) is 23.7. The number of alkyl halides is 4. The minimum atomic E-state index is -3.11. The van der Waals surface area contributed by atoms with Crippen LogP contribution in [0.3, 0.4) is 0 Å². The van der Waals surface area contributed by atoms with Crippen molar-refractivity contribution in [1.82, 2.24) is 15.1 Å². The Balaban J connectivity index is 2.34. The van der Waals surface area contributed by atoms with Crippen LogP contribution < -0.4 is 14.8 Å². The Labute approximate surface area is 192 Å². The molecule has 0 unspecified atom stereocenters. The summed E-state index contributed by atoms with van der Waals surface area (Å²) in [5, 5.41) is 15.0. The van der Waals surface area contributed by atoms with Crippen LogP contribution in [0.5, 0.6) is 17.4 Å². The fourth-order valence-electron chi connectivity index (χ4n) is 2.98. The lowest BCUT2D eigenvalue weighted by Crippen LogP contribution is -2.34. The first-order chi connectivity index (χ1) is 16.0. The first kappa shape index (κ1) is 26.4. The fourth-order valence-corrected chi connectivity index (χ4v) is 2.98. The monoisotopic (exact) mass is 485 g/mol. The van der Waals surface area contributed by atoms with Gasteiger partial charge in [0.2, 0.25) is 5.88 Å². The lowest BCUT2D eigenvalue weighted by atomic mass is 10.1. The number of benzene rings is 1. The zero-order valence-corrected chi connectivity index (χ0v) is 18.5. The maximum Gasteiger partial charge on any atom is 0.387 e. The van der Waals surface area contributed by atoms with Crippen LogP contribution in [0.25, 0.3) is 0 Å². The number of aliphatic carboxylic acids is 1. The van der Waals surface area contributed by atoms with Crippen LogP contribution in [0, 0.1) is 0 Å². The number of allylic oxidation sites excluding steroid dienone is 1. The zero-order valence-electron chi connectivity index (χ0n) is 18.5. The van der Waals surface area contributed by atoms with Gasteiger partial charge in [0.25, 0.3) is 12.3 Å². The average Bonchev–Trinajstić information content (AvgIpc) is 3.07. The molecule has 1 atom stereocenters. The number of carbonyl (C=O) groups excluding carboxylic acids is 1. The van der Waals surface area contributed by atoms with Gasteiger partial charge in [0, 0.05) is 13.1 Å². The van der Waals surface area contributed by atoms with Gasteiger partial charge in [-0.05, 0) is 31.6 Å². The molecule has 12 heteroatoms. The van der Waals surface area contributed by atoms with Crippen molar-refractivity contribution in [3.8, 4) is 17.4 Å². The van der Waals surface area contributed by atoms with Crippen LogP contribution in [-0.2, 0) is 11.8 Å². The van der Waals surface area contributed by atoms with Gasteiger partial charge in [0.15, 0.2) is 0 Å². The molecular weight excluding hydrogens is 462 g/mol. The number of nitrogens with one attached hydrogen (secondary N) is 1. The quantitative estimate of drug-likeness (QED) is 0.349. The Morgan fingerprint density at radius 2 is 1.91 bits per heavy atom. The Morgan fingerprint density at radius 1 is 1.24 bits per heavy atom. The number of hydrogen-bond acceptors (Lipinski definition) is 5. The van der Waals surface area contributed by atoms with E-state index in [4.69, 9.17) is 9.84 Å². The van der Waals surface area contributed by atoms with Gasteiger partial charge in [-0.1, -0.05) is 24.3 Å². The molecule has 1 aromatic heterocycles. The maximum absolute atomic E-state index is 13.6. The highest BCUT2D eigenvalue weighted by Gasteiger charge is 2.30. The summed E-state index contributed by atoms with van der Waals surface area (Å²) in [7, 11) is 1.28. The number of hydrogen-bond donors (Lipinski definition) is 2. The molecule has 0 saturated heterocycles. The van der Waals surface area contributed by atoms with Gasteiger partial charge in [0.1, 0.15) is 22.8 Å². The van der Waals surface area contributed by atoms with Gasteiger partial charge >= 0.3 is 12.6 Å². The van der Waals surface area contributed by atoms with Gasteiger partial charge in [-0.3, -0.25) is 9.59 Å². The number of ether oxygens (including phenoxy) is 2. The molecular formula is C22H23F4N3O5. The number of amides is 1. The van der Waals surface area contributed by atoms with Gasteiger partial charge in [-0.2, -0.15) is 13.9 Å². The summed E-state index contributed by atoms with van der Waals surface area (Å²) >= 11 is 0. The molecule has 0 saturated carbocycles. The largest absolute Gasteiger partial charge is 0.481 e. The predicted octanol–water partition coefficient (Wildman–Crippen LogP) is 4.85. The lowest BCUT2D eigenvalue weighted by Gasteiger charge is -2.16. The number of carboxylic acids is 1. The summed E-state index contributed by atoms with van der Waals surface area (Å²) < 4.78 is 63.0. The Bertz CT molecular complexity index is 1080. The highest BCUT2D eigenvalue weighted by Crippen LogP contribution is 2.33. The molecule has 34 heavy (non-hydrogen) atoms. The topological polar surface area (TPSA) is 103 Å². The van der Waals surface area contributed by atoms with E-state index in [0.29, 0.717) is 5.57 Å². The Hall–Kier alpha value is -3.83. The SMILES string of the molecule is C/C=C(\C=C/CC(=O)O)[C@H](C)NC(=O)c1c(C(F)F)nn(C)c1Oc1cccc(OC(F)F)c1. The molecule has 0 bridgehead atoms. The van der Waals surface area contributed by atoms with Gasteiger partial charge < -0.3 is 19.9 Å². The molecule has 1 amide bonds. The van der Waals surface area contributed by atoms with Gasteiger partial charge in [0.05, 0.1) is 12.5 Å². The minimum absolute atomic E-state index is 0.0465. The summed E-state index contributed by atoms with van der Waals surface area (Å²) in [6, 6.07) is 4.39. The van der Waals surface area contributed by atoms with E-state index in [1.807, 2.05) is 0 Å². The molecule has 0 fully saturated rings. The molecule has 2 N–H and O–H groups in total. The third kappa shape index (κ3) is 7.09. The number of nitrogens with zero attached hydrogens (tertiary/aromatic N) is 2. The Morgan fingerprint density at radius 3 is 2.50 bits per heavy atom. The summed E-state index contributed by atoms with van der Waals surface area (Å²) in [5.74, 6) is -2.57. The van der Waals surface area contributed by atoms with Gasteiger partial charge in [-0.15, -0.1) is 0 Å². The van der Waals surface area contributed by atoms with Crippen molar-refractivity contribution in [2.24, 2.45) is 7.05 Å². The number of aromatic nitrogens is 2. The van der Waals surface area contributed by atoms with E-state index < -0.39 is 42.2 Å². The molecule has 8 nitrogen and oxygen atoms in total. The molecule has 2 rings (SSSR count). The first-order valence-electron chi connectivity index (χ1n) is 9.96. The highest BCUT2D eigenvalue weighted by molar-refractivity contribution is 5.98. The van der Waals surface area contributed by atoms with E-state index >= 15 is 0 Å². The number of carbonyl (C=O) groups is 2. The van der Waals surface area contributed by atoms with Crippen LogP contribution in [0.15, 0.2) is 48.1 Å². The Kier molecular flexibility index (Phi) is 9.22. The van der Waals surface area contributed by atoms with E-state index in [1.165, 1.54) is 37.4 Å². The number of halogens is 4. The number of carboxylic acid groups (broad SMARTS) is 1. The molecule has 0 radical (unpaired) electrons. The fraction of sp³-hybridized carbons (Fsp3) is 0.318. The van der Waals surface area contributed by atoms with Crippen LogP contribution in [-0.4, -0.2) is 39.4 Å². The van der Waals surface area contributed by atoms with Crippen molar-refractivity contribution in [3.63, 3.8) is 0 Å². The van der Waals surface area contributed by atoms with E-state index in [1.54, 1.807) is 19.9 Å². The van der Waals surface area contributed by atoms with E-state index in [0.717, 1.165) is 10.7 Å². The van der Waals surface area contributed by atoms with E-state index in [2.05, 4.69) is 15.2 Å². The molecule has 1 heterocycles. The van der Waals surface area contributed by atoms with Crippen molar-refractivity contribution in [2.75, 3.05) is 0 Å². The second-order valence-electron chi connectivity index (χ2n) is 6.93. The van der Waals surface area contributed by atoms with Crippen molar-refractivity contribution in [1.29, 1.82) is 0 Å². The van der Waals surface area contributed by atoms with Crippen LogP contribution >= 0.6 is 0 Å². The zero-order chi connectivity index (χ0) is 25.4. The number of rotatable bonds is 11. The molecule has 0 spiro atoms. The molecule has 0 aliphatic rings. The van der Waals surface area contributed by atoms with Crippen LogP contribution in [0.4, 0.5) is 17.6 Å². The second kappa shape index (κ2) is 11.9. The molecule has 2 aromatic rings. The van der Waals surface area contributed by atoms with Gasteiger partial charge in [-0.25, -0.2) is 13.5 Å². The second-order valence-corrected chi connectivity index (χ2v) is 6.93. The molecule has 0 aliphatic heterocycles. The van der Waals surface area contributed by atoms with Crippen molar-refractivity contribution >= 4 is 11.9 Å². The lowest BCUT2D eigenvalue weighted by molar-refractivity contribution is -0.136. The summed E-state index contributed by atoms with van der Waals surface area (Å²) in [5.41, 5.74) is -0.823. The standard InChI is InChI=1S/C22H23F4N3O5/c1-4-13(7-5-10-16(30)31)12(2)27-20(32)17-18(19(23)24)28-29(3)21(17)33-14-8-6-9-15(11-14)34-22(25)26/h4-9,11-12,19,22H,10H2,1-3H3,(H,27,32)(H,30,31)/b7-5-,13-4+/t12-/m0/s1. The van der Waals surface area contributed by atoms with E-state index in [-0.39, 0.29) is 23.8 Å². The third-order valence-corrected chi connectivity index (χ3v) is 4.48. The summed E-state index contributed by atoms with van der Waals surface area (Å²) in [6.45, 7) is 0.175. The molecule has 1 aromatic carbocycles. The van der Waals surface area contributed by atoms with Crippen molar-refractivity contribution in [2.45, 2.75) is 39.3 Å². The van der Waals surface area contributed by atoms with Crippen LogP contribution in [0.1, 0.15) is 42.7 Å². The van der Waals surface area contributed by atoms with Crippen LogP contribution in [0.2, 0.25) is 0 Å². The van der Waals surface area contributed by atoms with E-state index in [9.17, 15) is 27.2 Å².